The molecule has 0 radical (unpaired) electrons. The van der Waals surface area contributed by atoms with Gasteiger partial charge in [0, 0.05) is 14.7 Å². The summed E-state index contributed by atoms with van der Waals surface area (Å²) in [6.45, 7) is 2.55. The van der Waals surface area contributed by atoms with E-state index in [1.54, 1.807) is 31.0 Å². The molecule has 0 atom stereocenters. The van der Waals surface area contributed by atoms with Gasteiger partial charge in [-0.2, -0.15) is 0 Å². The molecule has 0 unspecified atom stereocenters. The van der Waals surface area contributed by atoms with E-state index >= 15 is 0 Å². The van der Waals surface area contributed by atoms with E-state index < -0.39 is 11.6 Å². The predicted octanol–water partition coefficient (Wildman–Crippen LogP) is 9.32. The van der Waals surface area contributed by atoms with Crippen LogP contribution in [0.2, 0.25) is 18.1 Å². The summed E-state index contributed by atoms with van der Waals surface area (Å²) in [6, 6.07) is 7.72. The molecule has 1 aromatic rings. The Kier molecular flexibility index (Phi) is 12.7. The Balaban J connectivity index is 1.29. The van der Waals surface area contributed by atoms with Crippen molar-refractivity contribution in [3.8, 4) is 5.75 Å². The molecule has 5 heteroatoms. The number of alkyl halides is 1. The van der Waals surface area contributed by atoms with Gasteiger partial charge >= 0.3 is 0 Å². The number of benzene rings is 1. The third-order valence-corrected chi connectivity index (χ3v) is 12.4. The summed E-state index contributed by atoms with van der Waals surface area (Å²) in [5.41, 5.74) is 0.734. The summed E-state index contributed by atoms with van der Waals surface area (Å²) >= 11 is 5.60. The smallest absolute Gasteiger partial charge is 0.190 e. The van der Waals surface area contributed by atoms with Gasteiger partial charge in [-0.3, -0.25) is 0 Å². The van der Waals surface area contributed by atoms with Crippen LogP contribution in [-0.4, -0.2) is 21.3 Å². The highest BCUT2D eigenvalue weighted by atomic mass is 35.5. The standard InChI is InChI=1S/C29H47ClF2OSi/c1-2-3-6-18-34-19-14-26(15-20-34)25-12-10-23(11-13-25)8-4-5-9-24-21-27(31)29(28(32)22-24)33-17-7-16-30/h21-23,25-26,34H,2-20H2,1H3. The molecule has 2 fully saturated rings. The van der Waals surface area contributed by atoms with Crippen LogP contribution in [0.15, 0.2) is 12.1 Å². The fourth-order valence-electron chi connectivity index (χ4n) is 6.47. The van der Waals surface area contributed by atoms with E-state index in [-0.39, 0.29) is 21.2 Å². The summed E-state index contributed by atoms with van der Waals surface area (Å²) in [5.74, 6) is 1.85. The third-order valence-electron chi connectivity index (χ3n) is 8.58. The van der Waals surface area contributed by atoms with Crippen molar-refractivity contribution >= 4 is 20.4 Å². The fraction of sp³-hybridized carbons (Fsp3) is 0.793. The lowest BCUT2D eigenvalue weighted by molar-refractivity contribution is 0.184. The minimum absolute atomic E-state index is 0.237. The highest BCUT2D eigenvalue weighted by Crippen LogP contribution is 2.42. The zero-order valence-electron chi connectivity index (χ0n) is 21.4. The van der Waals surface area contributed by atoms with E-state index in [0.717, 1.165) is 42.6 Å². The maximum Gasteiger partial charge on any atom is 0.190 e. The SMILES string of the molecule is CCCCC[SiH]1CCC(C2CCC(CCCCc3cc(F)c(OCCCCl)c(F)c3)CC2)CC1. The van der Waals surface area contributed by atoms with Gasteiger partial charge in [-0.05, 0) is 67.6 Å². The normalized spacial score (nSPS) is 25.4. The van der Waals surface area contributed by atoms with Crippen molar-refractivity contribution in [1.82, 2.24) is 0 Å². The minimum Gasteiger partial charge on any atom is -0.488 e. The van der Waals surface area contributed by atoms with E-state index in [1.165, 1.54) is 63.5 Å². The van der Waals surface area contributed by atoms with Gasteiger partial charge in [0.15, 0.2) is 17.4 Å². The summed E-state index contributed by atoms with van der Waals surface area (Å²) in [6.07, 6.45) is 17.8. The zero-order valence-corrected chi connectivity index (χ0v) is 23.4. The Morgan fingerprint density at radius 1 is 0.882 bits per heavy atom. The monoisotopic (exact) mass is 512 g/mol. The van der Waals surface area contributed by atoms with Crippen LogP contribution in [0, 0.1) is 29.4 Å². The van der Waals surface area contributed by atoms with Gasteiger partial charge in [0.25, 0.3) is 0 Å². The van der Waals surface area contributed by atoms with Gasteiger partial charge in [-0.15, -0.1) is 11.6 Å². The molecule has 1 aliphatic heterocycles. The van der Waals surface area contributed by atoms with Gasteiger partial charge < -0.3 is 4.74 Å². The first-order valence-corrected chi connectivity index (χ1v) is 17.3. The van der Waals surface area contributed by atoms with Gasteiger partial charge in [-0.25, -0.2) is 8.78 Å². The van der Waals surface area contributed by atoms with Gasteiger partial charge in [-0.1, -0.05) is 82.8 Å². The summed E-state index contributed by atoms with van der Waals surface area (Å²) in [4.78, 5) is 0. The van der Waals surface area contributed by atoms with Crippen molar-refractivity contribution in [3.05, 3.63) is 29.3 Å². The van der Waals surface area contributed by atoms with Crippen LogP contribution in [0.5, 0.6) is 5.75 Å². The molecular formula is C29H47ClF2OSi. The maximum absolute atomic E-state index is 14.2. The summed E-state index contributed by atoms with van der Waals surface area (Å²) in [5, 5.41) is 0. The lowest BCUT2D eigenvalue weighted by Crippen LogP contribution is -2.28. The first-order chi connectivity index (χ1) is 16.6. The zero-order chi connectivity index (χ0) is 24.2. The Hall–Kier alpha value is -0.613. The molecule has 1 aromatic carbocycles. The van der Waals surface area contributed by atoms with Crippen molar-refractivity contribution in [2.24, 2.45) is 17.8 Å². The molecule has 194 valence electrons. The summed E-state index contributed by atoms with van der Waals surface area (Å²) in [7, 11) is -0.383. The van der Waals surface area contributed by atoms with Gasteiger partial charge in [0.1, 0.15) is 0 Å². The third kappa shape index (κ3) is 9.12. The molecule has 1 saturated carbocycles. The Bertz CT molecular complexity index is 676. The first-order valence-electron chi connectivity index (χ1n) is 14.3. The van der Waals surface area contributed by atoms with Crippen LogP contribution in [-0.2, 0) is 6.42 Å². The average molecular weight is 513 g/mol. The predicted molar refractivity (Wildman–Crippen MR) is 144 cm³/mol. The van der Waals surface area contributed by atoms with Crippen molar-refractivity contribution in [3.63, 3.8) is 0 Å². The molecule has 1 nitrogen and oxygen atoms in total. The molecule has 2 aliphatic rings. The van der Waals surface area contributed by atoms with E-state index in [2.05, 4.69) is 6.92 Å². The quantitative estimate of drug-likeness (QED) is 0.137. The molecule has 1 heterocycles. The van der Waals surface area contributed by atoms with Crippen LogP contribution in [0.3, 0.4) is 0 Å². The Morgan fingerprint density at radius 2 is 1.56 bits per heavy atom. The number of halogens is 3. The molecule has 0 bridgehead atoms. The Labute approximate surface area is 214 Å². The summed E-state index contributed by atoms with van der Waals surface area (Å²) < 4.78 is 33.7. The van der Waals surface area contributed by atoms with E-state index in [1.807, 2.05) is 0 Å². The van der Waals surface area contributed by atoms with Gasteiger partial charge in [0.05, 0.1) is 6.61 Å². The van der Waals surface area contributed by atoms with E-state index in [4.69, 9.17) is 16.3 Å². The van der Waals surface area contributed by atoms with Crippen LogP contribution < -0.4 is 4.74 Å². The fourth-order valence-corrected chi connectivity index (χ4v) is 10.1. The number of aryl methyl sites for hydroxylation is 1. The molecule has 1 aliphatic carbocycles. The highest BCUT2D eigenvalue weighted by molar-refractivity contribution is 6.58. The largest absolute Gasteiger partial charge is 0.488 e. The number of unbranched alkanes of at least 4 members (excludes halogenated alkanes) is 3. The highest BCUT2D eigenvalue weighted by Gasteiger charge is 2.30. The average Bonchev–Trinajstić information content (AvgIpc) is 2.85. The molecule has 0 amide bonds. The van der Waals surface area contributed by atoms with Crippen LogP contribution in [0.25, 0.3) is 0 Å². The number of ether oxygens (including phenoxy) is 1. The number of hydrogen-bond donors (Lipinski definition) is 0. The second-order valence-corrected chi connectivity index (χ2v) is 14.9. The molecule has 0 spiro atoms. The lowest BCUT2D eigenvalue weighted by Gasteiger charge is -2.37. The lowest BCUT2D eigenvalue weighted by atomic mass is 9.73. The second kappa shape index (κ2) is 15.5. The topological polar surface area (TPSA) is 9.23 Å². The molecule has 1 saturated heterocycles. The second-order valence-electron chi connectivity index (χ2n) is 11.1. The van der Waals surface area contributed by atoms with Gasteiger partial charge in [0.2, 0.25) is 0 Å². The van der Waals surface area contributed by atoms with E-state index in [0.29, 0.717) is 12.3 Å². The molecule has 0 aromatic heterocycles. The van der Waals surface area contributed by atoms with Crippen LogP contribution in [0.4, 0.5) is 8.78 Å². The van der Waals surface area contributed by atoms with Crippen molar-refractivity contribution < 1.29 is 13.5 Å². The van der Waals surface area contributed by atoms with Crippen LogP contribution in [0.1, 0.15) is 96.0 Å². The molecule has 3 rings (SSSR count). The Morgan fingerprint density at radius 3 is 2.21 bits per heavy atom. The molecule has 0 N–H and O–H groups in total. The molecular weight excluding hydrogens is 466 g/mol. The first kappa shape index (κ1) is 28.0. The van der Waals surface area contributed by atoms with Crippen LogP contribution >= 0.6 is 11.6 Å². The van der Waals surface area contributed by atoms with E-state index in [9.17, 15) is 8.78 Å². The molecule has 34 heavy (non-hydrogen) atoms. The maximum atomic E-state index is 14.2. The minimum atomic E-state index is -0.597. The number of rotatable bonds is 14. The van der Waals surface area contributed by atoms with Crippen molar-refractivity contribution in [2.75, 3.05) is 12.5 Å². The van der Waals surface area contributed by atoms with Crippen molar-refractivity contribution in [1.29, 1.82) is 0 Å². The number of hydrogen-bond acceptors (Lipinski definition) is 1. The van der Waals surface area contributed by atoms with Crippen molar-refractivity contribution in [2.45, 2.75) is 115 Å².